The van der Waals surface area contributed by atoms with E-state index in [4.69, 9.17) is 0 Å². The first-order valence-corrected chi connectivity index (χ1v) is 11.6. The van der Waals surface area contributed by atoms with Crippen LogP contribution >= 0.6 is 0 Å². The molecule has 1 unspecified atom stereocenters. The van der Waals surface area contributed by atoms with Crippen LogP contribution in [-0.2, 0) is 6.54 Å². The van der Waals surface area contributed by atoms with E-state index in [1.165, 1.54) is 23.6 Å². The van der Waals surface area contributed by atoms with Crippen LogP contribution < -0.4 is 10.5 Å². The Bertz CT molecular complexity index is 421. The third-order valence-corrected chi connectivity index (χ3v) is 6.35. The van der Waals surface area contributed by atoms with E-state index in [1.807, 2.05) is 0 Å². The fourth-order valence-electron chi connectivity index (χ4n) is 2.97. The minimum atomic E-state index is -1.20. The zero-order chi connectivity index (χ0) is 15.3. The quantitative estimate of drug-likeness (QED) is 0.754. The summed E-state index contributed by atoms with van der Waals surface area (Å²) in [6.07, 6.45) is 2.54. The van der Waals surface area contributed by atoms with Crippen molar-refractivity contribution in [2.75, 3.05) is 26.2 Å². The molecule has 4 heteroatoms. The Balaban J connectivity index is 1.95. The lowest BCUT2D eigenvalue weighted by atomic mass is 10.1. The van der Waals surface area contributed by atoms with E-state index in [0.717, 1.165) is 26.2 Å². The van der Waals surface area contributed by atoms with Crippen LogP contribution in [0.15, 0.2) is 24.3 Å². The molecule has 2 rings (SSSR count). The molecule has 0 bridgehead atoms. The molecule has 1 heterocycles. The lowest BCUT2D eigenvalue weighted by Crippen LogP contribution is -2.39. The van der Waals surface area contributed by atoms with Gasteiger partial charge in [0, 0.05) is 25.7 Å². The van der Waals surface area contributed by atoms with Crippen LogP contribution in [-0.4, -0.2) is 50.4 Å². The third-order valence-electron chi connectivity index (χ3n) is 4.28. The number of aliphatic hydroxyl groups is 1. The van der Waals surface area contributed by atoms with Gasteiger partial charge >= 0.3 is 0 Å². The molecule has 2 N–H and O–H groups in total. The predicted octanol–water partition coefficient (Wildman–Crippen LogP) is 1.78. The average molecular weight is 307 g/mol. The Kier molecular flexibility index (Phi) is 5.99. The van der Waals surface area contributed by atoms with Gasteiger partial charge in [-0.05, 0) is 24.9 Å². The highest BCUT2D eigenvalue weighted by Gasteiger charge is 2.19. The Morgan fingerprint density at radius 1 is 1.24 bits per heavy atom. The third kappa shape index (κ3) is 5.22. The highest BCUT2D eigenvalue weighted by molar-refractivity contribution is 6.88. The summed E-state index contributed by atoms with van der Waals surface area (Å²) in [5.74, 6) is 0. The molecule has 1 aromatic carbocycles. The van der Waals surface area contributed by atoms with Gasteiger partial charge in [0.25, 0.3) is 0 Å². The highest BCUT2D eigenvalue weighted by Crippen LogP contribution is 2.11. The van der Waals surface area contributed by atoms with Crippen molar-refractivity contribution >= 4 is 13.3 Å². The van der Waals surface area contributed by atoms with Crippen LogP contribution in [0, 0.1) is 0 Å². The summed E-state index contributed by atoms with van der Waals surface area (Å²) in [6, 6.07) is 9.72. The zero-order valence-corrected chi connectivity index (χ0v) is 14.7. The summed E-state index contributed by atoms with van der Waals surface area (Å²) in [4.78, 5) is 2.37. The van der Waals surface area contributed by atoms with Gasteiger partial charge in [-0.15, -0.1) is 0 Å². The maximum atomic E-state index is 9.28. The first-order chi connectivity index (χ1) is 9.99. The fraction of sp³-hybridized carbons (Fsp3) is 0.647. The zero-order valence-electron chi connectivity index (χ0n) is 13.7. The van der Waals surface area contributed by atoms with Gasteiger partial charge in [0.1, 0.15) is 0 Å². The lowest BCUT2D eigenvalue weighted by molar-refractivity contribution is 0.179. The van der Waals surface area contributed by atoms with E-state index in [1.54, 1.807) is 0 Å². The van der Waals surface area contributed by atoms with Gasteiger partial charge in [-0.25, -0.2) is 0 Å². The number of benzene rings is 1. The standard InChI is InChI=1S/C17H30N2OSi/c1-21(2,3)17-8-6-15(7-9-17)13-19(11-12-20)14-16-5-4-10-18-16/h6-9,16,18,20H,4-5,10-14H2,1-3H3. The van der Waals surface area contributed by atoms with Gasteiger partial charge in [0.15, 0.2) is 0 Å². The number of hydrogen-bond donors (Lipinski definition) is 2. The summed E-state index contributed by atoms with van der Waals surface area (Å²) in [6.45, 7) is 11.3. The molecule has 1 aliphatic heterocycles. The Labute approximate surface area is 130 Å². The fourth-order valence-corrected chi connectivity index (χ4v) is 4.14. The van der Waals surface area contributed by atoms with E-state index in [-0.39, 0.29) is 6.61 Å². The Morgan fingerprint density at radius 3 is 2.48 bits per heavy atom. The second kappa shape index (κ2) is 7.54. The molecular formula is C17H30N2OSi. The van der Waals surface area contributed by atoms with Crippen molar-refractivity contribution < 1.29 is 5.11 Å². The number of nitrogens with one attached hydrogen (secondary N) is 1. The molecule has 1 saturated heterocycles. The van der Waals surface area contributed by atoms with Crippen molar-refractivity contribution in [3.8, 4) is 0 Å². The normalized spacial score (nSPS) is 19.4. The molecule has 118 valence electrons. The van der Waals surface area contributed by atoms with Crippen LogP contribution in [0.1, 0.15) is 18.4 Å². The van der Waals surface area contributed by atoms with E-state index < -0.39 is 8.07 Å². The molecule has 1 fully saturated rings. The van der Waals surface area contributed by atoms with E-state index in [0.29, 0.717) is 6.04 Å². The Morgan fingerprint density at radius 2 is 1.95 bits per heavy atom. The van der Waals surface area contributed by atoms with Gasteiger partial charge in [0.2, 0.25) is 0 Å². The average Bonchev–Trinajstić information content (AvgIpc) is 2.91. The lowest BCUT2D eigenvalue weighted by Gasteiger charge is -2.25. The summed E-state index contributed by atoms with van der Waals surface area (Å²) in [5, 5.41) is 14.3. The molecule has 0 aromatic heterocycles. The van der Waals surface area contributed by atoms with Gasteiger partial charge in [0.05, 0.1) is 14.7 Å². The van der Waals surface area contributed by atoms with Crippen LogP contribution in [0.5, 0.6) is 0 Å². The number of aliphatic hydroxyl groups excluding tert-OH is 1. The highest BCUT2D eigenvalue weighted by atomic mass is 28.3. The van der Waals surface area contributed by atoms with Crippen molar-refractivity contribution in [2.24, 2.45) is 0 Å². The van der Waals surface area contributed by atoms with Crippen LogP contribution in [0.4, 0.5) is 0 Å². The SMILES string of the molecule is C[Si](C)(C)c1ccc(CN(CCO)CC2CCCN2)cc1. The predicted molar refractivity (Wildman–Crippen MR) is 92.8 cm³/mol. The van der Waals surface area contributed by atoms with Gasteiger partial charge in [-0.3, -0.25) is 4.90 Å². The molecule has 3 nitrogen and oxygen atoms in total. The minimum Gasteiger partial charge on any atom is -0.395 e. The first-order valence-electron chi connectivity index (χ1n) is 8.15. The smallest absolute Gasteiger partial charge is 0.0775 e. The van der Waals surface area contributed by atoms with Crippen molar-refractivity contribution in [2.45, 2.75) is 45.1 Å². The molecule has 0 amide bonds. The van der Waals surface area contributed by atoms with Gasteiger partial charge < -0.3 is 10.4 Å². The molecule has 1 atom stereocenters. The van der Waals surface area contributed by atoms with Crippen molar-refractivity contribution in [1.29, 1.82) is 0 Å². The van der Waals surface area contributed by atoms with E-state index in [9.17, 15) is 5.11 Å². The molecular weight excluding hydrogens is 276 g/mol. The van der Waals surface area contributed by atoms with Crippen LogP contribution in [0.3, 0.4) is 0 Å². The molecule has 0 spiro atoms. The largest absolute Gasteiger partial charge is 0.395 e. The topological polar surface area (TPSA) is 35.5 Å². The number of hydrogen-bond acceptors (Lipinski definition) is 3. The molecule has 0 saturated carbocycles. The first kappa shape index (κ1) is 16.7. The second-order valence-electron chi connectivity index (χ2n) is 7.20. The van der Waals surface area contributed by atoms with E-state index in [2.05, 4.69) is 54.1 Å². The van der Waals surface area contributed by atoms with Crippen LogP contribution in [0.2, 0.25) is 19.6 Å². The molecule has 0 aliphatic carbocycles. The second-order valence-corrected chi connectivity index (χ2v) is 12.3. The summed E-state index contributed by atoms with van der Waals surface area (Å²) < 4.78 is 0. The van der Waals surface area contributed by atoms with Gasteiger partial charge in [-0.1, -0.05) is 49.1 Å². The summed E-state index contributed by atoms with van der Waals surface area (Å²) >= 11 is 0. The summed E-state index contributed by atoms with van der Waals surface area (Å²) in [5.41, 5.74) is 1.35. The maximum absolute atomic E-state index is 9.28. The van der Waals surface area contributed by atoms with Crippen molar-refractivity contribution in [1.82, 2.24) is 10.2 Å². The van der Waals surface area contributed by atoms with Crippen molar-refractivity contribution in [3.05, 3.63) is 29.8 Å². The number of nitrogens with zero attached hydrogens (tertiary/aromatic N) is 1. The van der Waals surface area contributed by atoms with E-state index >= 15 is 0 Å². The summed E-state index contributed by atoms with van der Waals surface area (Å²) in [7, 11) is -1.20. The van der Waals surface area contributed by atoms with Crippen molar-refractivity contribution in [3.63, 3.8) is 0 Å². The Hall–Kier alpha value is -0.683. The molecule has 1 aromatic rings. The molecule has 21 heavy (non-hydrogen) atoms. The van der Waals surface area contributed by atoms with Gasteiger partial charge in [-0.2, -0.15) is 0 Å². The maximum Gasteiger partial charge on any atom is 0.0775 e. The minimum absolute atomic E-state index is 0.236. The monoisotopic (exact) mass is 306 g/mol. The molecule has 1 aliphatic rings. The van der Waals surface area contributed by atoms with Crippen LogP contribution in [0.25, 0.3) is 0 Å². The number of rotatable bonds is 7. The molecule has 0 radical (unpaired) electrons.